The summed E-state index contributed by atoms with van der Waals surface area (Å²) in [4.78, 5) is 0. The van der Waals surface area contributed by atoms with Crippen molar-refractivity contribution in [1.82, 2.24) is 5.32 Å². The topological polar surface area (TPSA) is 41.5 Å². The molecule has 3 heteroatoms. The normalized spacial score (nSPS) is 10.9. The number of aryl methyl sites for hydroxylation is 1. The van der Waals surface area contributed by atoms with Crippen LogP contribution in [0.15, 0.2) is 42.5 Å². The highest BCUT2D eigenvalue weighted by molar-refractivity contribution is 5.40. The van der Waals surface area contributed by atoms with Gasteiger partial charge in [0, 0.05) is 12.6 Å². The molecule has 0 aliphatic carbocycles. The third kappa shape index (κ3) is 4.59. The van der Waals surface area contributed by atoms with Crippen LogP contribution in [0.4, 0.5) is 0 Å². The molecule has 0 bridgehead atoms. The Kier molecular flexibility index (Phi) is 5.37. The molecular weight excluding hydrogens is 262 g/mol. The van der Waals surface area contributed by atoms with Crippen LogP contribution in [-0.4, -0.2) is 11.1 Å². The molecule has 0 saturated heterocycles. The van der Waals surface area contributed by atoms with E-state index < -0.39 is 0 Å². The van der Waals surface area contributed by atoms with Crippen LogP contribution in [-0.2, 0) is 13.2 Å². The average molecular weight is 285 g/mol. The van der Waals surface area contributed by atoms with E-state index in [1.165, 1.54) is 5.56 Å². The summed E-state index contributed by atoms with van der Waals surface area (Å²) in [7, 11) is 0. The molecule has 0 atom stereocenters. The molecule has 0 heterocycles. The van der Waals surface area contributed by atoms with Crippen molar-refractivity contribution >= 4 is 0 Å². The van der Waals surface area contributed by atoms with E-state index in [-0.39, 0.29) is 6.61 Å². The van der Waals surface area contributed by atoms with Gasteiger partial charge >= 0.3 is 0 Å². The summed E-state index contributed by atoms with van der Waals surface area (Å²) in [5.41, 5.74) is 3.25. The minimum Gasteiger partial charge on any atom is -0.457 e. The van der Waals surface area contributed by atoms with Crippen molar-refractivity contribution in [2.24, 2.45) is 0 Å². The van der Waals surface area contributed by atoms with E-state index in [4.69, 9.17) is 9.84 Å². The first-order chi connectivity index (χ1) is 10.1. The summed E-state index contributed by atoms with van der Waals surface area (Å²) in [5, 5.41) is 12.4. The second kappa shape index (κ2) is 7.25. The van der Waals surface area contributed by atoms with E-state index >= 15 is 0 Å². The van der Waals surface area contributed by atoms with Crippen LogP contribution in [0.2, 0.25) is 0 Å². The standard InChI is InChI=1S/C18H23NO2/c1-13(2)19-11-16-6-9-18(14(3)10-16)21-17-7-4-15(12-20)5-8-17/h4-10,13,19-20H,11-12H2,1-3H3. The lowest BCUT2D eigenvalue weighted by atomic mass is 10.1. The van der Waals surface area contributed by atoms with Crippen LogP contribution >= 0.6 is 0 Å². The monoisotopic (exact) mass is 285 g/mol. The highest BCUT2D eigenvalue weighted by atomic mass is 16.5. The van der Waals surface area contributed by atoms with Crippen molar-refractivity contribution < 1.29 is 9.84 Å². The largest absolute Gasteiger partial charge is 0.457 e. The van der Waals surface area contributed by atoms with Crippen LogP contribution in [0.1, 0.15) is 30.5 Å². The smallest absolute Gasteiger partial charge is 0.130 e. The number of hydrogen-bond acceptors (Lipinski definition) is 3. The van der Waals surface area contributed by atoms with E-state index in [1.807, 2.05) is 30.3 Å². The lowest BCUT2D eigenvalue weighted by Crippen LogP contribution is -2.21. The van der Waals surface area contributed by atoms with Crippen LogP contribution in [0.25, 0.3) is 0 Å². The van der Waals surface area contributed by atoms with Gasteiger partial charge in [-0.25, -0.2) is 0 Å². The van der Waals surface area contributed by atoms with Crippen LogP contribution < -0.4 is 10.1 Å². The van der Waals surface area contributed by atoms with Crippen molar-refractivity contribution in [2.75, 3.05) is 0 Å². The first-order valence-corrected chi connectivity index (χ1v) is 7.29. The molecule has 0 fully saturated rings. The average Bonchev–Trinajstić information content (AvgIpc) is 2.48. The molecule has 0 radical (unpaired) electrons. The Morgan fingerprint density at radius 2 is 1.71 bits per heavy atom. The van der Waals surface area contributed by atoms with Crippen LogP contribution in [0.5, 0.6) is 11.5 Å². The summed E-state index contributed by atoms with van der Waals surface area (Å²) < 4.78 is 5.89. The van der Waals surface area contributed by atoms with E-state index in [0.717, 1.165) is 29.2 Å². The summed E-state index contributed by atoms with van der Waals surface area (Å²) in [5.74, 6) is 1.64. The Morgan fingerprint density at radius 1 is 1.05 bits per heavy atom. The van der Waals surface area contributed by atoms with Crippen molar-refractivity contribution in [3.8, 4) is 11.5 Å². The fraction of sp³-hybridized carbons (Fsp3) is 0.333. The van der Waals surface area contributed by atoms with Crippen molar-refractivity contribution in [2.45, 2.75) is 40.0 Å². The number of rotatable bonds is 6. The lowest BCUT2D eigenvalue weighted by Gasteiger charge is -2.12. The Hall–Kier alpha value is -1.84. The Bertz CT molecular complexity index is 576. The minimum atomic E-state index is 0.0524. The highest BCUT2D eigenvalue weighted by Gasteiger charge is 2.04. The van der Waals surface area contributed by atoms with E-state index in [9.17, 15) is 0 Å². The summed E-state index contributed by atoms with van der Waals surface area (Å²) in [6.45, 7) is 7.25. The fourth-order valence-corrected chi connectivity index (χ4v) is 2.05. The minimum absolute atomic E-state index is 0.0524. The maximum atomic E-state index is 9.04. The quantitative estimate of drug-likeness (QED) is 0.848. The number of hydrogen-bond donors (Lipinski definition) is 2. The third-order valence-corrected chi connectivity index (χ3v) is 3.29. The number of ether oxygens (including phenoxy) is 1. The van der Waals surface area contributed by atoms with E-state index in [2.05, 4.69) is 38.2 Å². The fourth-order valence-electron chi connectivity index (χ4n) is 2.05. The first-order valence-electron chi connectivity index (χ1n) is 7.29. The zero-order valence-electron chi connectivity index (χ0n) is 12.9. The predicted molar refractivity (Wildman–Crippen MR) is 85.6 cm³/mol. The molecule has 112 valence electrons. The second-order valence-corrected chi connectivity index (χ2v) is 5.54. The van der Waals surface area contributed by atoms with Gasteiger partial charge in [0.15, 0.2) is 0 Å². The van der Waals surface area contributed by atoms with Crippen molar-refractivity contribution in [1.29, 1.82) is 0 Å². The van der Waals surface area contributed by atoms with E-state index in [0.29, 0.717) is 6.04 Å². The summed E-state index contributed by atoms with van der Waals surface area (Å²) >= 11 is 0. The van der Waals surface area contributed by atoms with Gasteiger partial charge in [-0.1, -0.05) is 38.1 Å². The molecule has 21 heavy (non-hydrogen) atoms. The number of benzene rings is 2. The van der Waals surface area contributed by atoms with Crippen molar-refractivity contribution in [3.05, 3.63) is 59.2 Å². The highest BCUT2D eigenvalue weighted by Crippen LogP contribution is 2.26. The Labute approximate surface area is 126 Å². The molecule has 0 aliphatic heterocycles. The maximum Gasteiger partial charge on any atom is 0.130 e. The first kappa shape index (κ1) is 15.5. The van der Waals surface area contributed by atoms with Gasteiger partial charge in [0.1, 0.15) is 11.5 Å². The second-order valence-electron chi connectivity index (χ2n) is 5.54. The molecule has 0 amide bonds. The molecule has 2 N–H and O–H groups in total. The van der Waals surface area contributed by atoms with Crippen molar-refractivity contribution in [3.63, 3.8) is 0 Å². The number of nitrogens with one attached hydrogen (secondary N) is 1. The third-order valence-electron chi connectivity index (χ3n) is 3.29. The predicted octanol–water partition coefficient (Wildman–Crippen LogP) is 3.78. The van der Waals surface area contributed by atoms with Crippen LogP contribution in [0.3, 0.4) is 0 Å². The van der Waals surface area contributed by atoms with Gasteiger partial charge in [-0.15, -0.1) is 0 Å². The van der Waals surface area contributed by atoms with Gasteiger partial charge in [-0.2, -0.15) is 0 Å². The van der Waals surface area contributed by atoms with Gasteiger partial charge in [0.2, 0.25) is 0 Å². The van der Waals surface area contributed by atoms with Gasteiger partial charge in [-0.05, 0) is 41.8 Å². The molecule has 2 rings (SSSR count). The number of aliphatic hydroxyl groups excluding tert-OH is 1. The Balaban J connectivity index is 2.06. The van der Waals surface area contributed by atoms with Gasteiger partial charge in [-0.3, -0.25) is 0 Å². The van der Waals surface area contributed by atoms with Gasteiger partial charge in [0.05, 0.1) is 6.61 Å². The molecule has 0 saturated carbocycles. The molecule has 0 aromatic heterocycles. The molecule has 2 aromatic carbocycles. The van der Waals surface area contributed by atoms with Gasteiger partial charge < -0.3 is 15.2 Å². The number of aliphatic hydroxyl groups is 1. The van der Waals surface area contributed by atoms with Crippen LogP contribution in [0, 0.1) is 6.92 Å². The molecule has 0 aliphatic rings. The zero-order valence-corrected chi connectivity index (χ0v) is 12.9. The Morgan fingerprint density at radius 3 is 2.29 bits per heavy atom. The SMILES string of the molecule is Cc1cc(CNC(C)C)ccc1Oc1ccc(CO)cc1. The summed E-state index contributed by atoms with van der Waals surface area (Å²) in [6, 6.07) is 14.2. The van der Waals surface area contributed by atoms with E-state index in [1.54, 1.807) is 0 Å². The molecule has 0 unspecified atom stereocenters. The molecule has 2 aromatic rings. The molecular formula is C18H23NO2. The molecule has 3 nitrogen and oxygen atoms in total. The lowest BCUT2D eigenvalue weighted by molar-refractivity contribution is 0.281. The summed E-state index contributed by atoms with van der Waals surface area (Å²) in [6.07, 6.45) is 0. The zero-order chi connectivity index (χ0) is 15.2. The molecule has 0 spiro atoms. The van der Waals surface area contributed by atoms with Gasteiger partial charge in [0.25, 0.3) is 0 Å². The maximum absolute atomic E-state index is 9.04.